The van der Waals surface area contributed by atoms with Gasteiger partial charge in [-0.15, -0.1) is 11.3 Å². The summed E-state index contributed by atoms with van der Waals surface area (Å²) in [6.07, 6.45) is -1.91. The minimum Gasteiger partial charge on any atom is -0.386 e. The van der Waals surface area contributed by atoms with Crippen LogP contribution >= 0.6 is 11.3 Å². The highest BCUT2D eigenvalue weighted by Crippen LogP contribution is 2.19. The molecule has 1 fully saturated rings. The Balaban J connectivity index is 1.85. The van der Waals surface area contributed by atoms with Crippen molar-refractivity contribution in [2.75, 3.05) is 13.1 Å². The molecule has 0 saturated carbocycles. The fourth-order valence-electron chi connectivity index (χ4n) is 2.67. The predicted octanol–water partition coefficient (Wildman–Crippen LogP) is -0.944. The van der Waals surface area contributed by atoms with E-state index in [1.165, 1.54) is 4.90 Å². The molecule has 3 atom stereocenters. The van der Waals surface area contributed by atoms with Crippen LogP contribution in [-0.2, 0) is 16.0 Å². The van der Waals surface area contributed by atoms with E-state index >= 15 is 0 Å². The van der Waals surface area contributed by atoms with Crippen molar-refractivity contribution in [2.45, 2.75) is 37.5 Å². The number of rotatable bonds is 7. The lowest BCUT2D eigenvalue weighted by Gasteiger charge is -2.27. The Morgan fingerprint density at radius 1 is 1.46 bits per heavy atom. The van der Waals surface area contributed by atoms with Gasteiger partial charge in [-0.1, -0.05) is 6.07 Å². The van der Waals surface area contributed by atoms with Gasteiger partial charge in [-0.05, 0) is 30.7 Å². The maximum Gasteiger partial charge on any atom is 0.255 e. The zero-order valence-corrected chi connectivity index (χ0v) is 14.0. The summed E-state index contributed by atoms with van der Waals surface area (Å²) in [5.41, 5.74) is 5.44. The Labute approximate surface area is 143 Å². The number of nitrogens with one attached hydrogen (secondary N) is 2. The van der Waals surface area contributed by atoms with Gasteiger partial charge in [-0.25, -0.2) is 0 Å². The van der Waals surface area contributed by atoms with Gasteiger partial charge in [0.1, 0.15) is 5.84 Å². The number of amidine groups is 1. The first-order chi connectivity index (χ1) is 11.4. The second-order valence-electron chi connectivity index (χ2n) is 5.66. The number of carbonyl (C=O) groups is 2. The molecule has 1 aromatic heterocycles. The molecule has 0 radical (unpaired) electrons. The van der Waals surface area contributed by atoms with Crippen LogP contribution in [0, 0.1) is 5.41 Å². The Morgan fingerprint density at radius 2 is 2.21 bits per heavy atom. The molecule has 2 rings (SSSR count). The lowest BCUT2D eigenvalue weighted by atomic mass is 10.1. The van der Waals surface area contributed by atoms with E-state index in [1.807, 2.05) is 17.5 Å². The van der Waals surface area contributed by atoms with Crippen LogP contribution in [-0.4, -0.2) is 64.1 Å². The number of nitrogens with two attached hydrogens (primary N) is 1. The minimum absolute atomic E-state index is 0.164. The van der Waals surface area contributed by atoms with Gasteiger partial charge in [0.2, 0.25) is 0 Å². The quantitative estimate of drug-likeness (QED) is 0.317. The lowest BCUT2D eigenvalue weighted by Crippen LogP contribution is -2.53. The van der Waals surface area contributed by atoms with Gasteiger partial charge in [0, 0.05) is 18.0 Å². The number of aliphatic hydroxyl groups excluding tert-OH is 2. The smallest absolute Gasteiger partial charge is 0.255 e. The molecule has 132 valence electrons. The highest BCUT2D eigenvalue weighted by molar-refractivity contribution is 7.09. The molecule has 2 amide bonds. The van der Waals surface area contributed by atoms with Gasteiger partial charge < -0.3 is 26.2 Å². The molecule has 2 heterocycles. The standard InChI is InChI=1S/C15H22N4O4S/c16-13(17)10-4-1-7-19(10)15(23)12(21)11(20)14(22)18-6-5-9-3-2-8-24-9/h2-3,8,10-12,20-21H,1,4-7H2,(H3,16,17)(H,18,22)/t10?,11-,12-/m1/s1. The van der Waals surface area contributed by atoms with E-state index in [2.05, 4.69) is 5.32 Å². The Morgan fingerprint density at radius 3 is 2.83 bits per heavy atom. The Kier molecular flexibility index (Phi) is 6.29. The Bertz CT molecular complexity index is 592. The van der Waals surface area contributed by atoms with Gasteiger partial charge >= 0.3 is 0 Å². The Hall–Kier alpha value is -1.97. The van der Waals surface area contributed by atoms with Crippen molar-refractivity contribution in [3.8, 4) is 0 Å². The number of amides is 2. The number of thiophene rings is 1. The summed E-state index contributed by atoms with van der Waals surface area (Å²) in [7, 11) is 0. The van der Waals surface area contributed by atoms with Crippen molar-refractivity contribution < 1.29 is 19.8 Å². The molecule has 1 aliphatic rings. The van der Waals surface area contributed by atoms with Crippen molar-refractivity contribution in [2.24, 2.45) is 5.73 Å². The average Bonchev–Trinajstić information content (AvgIpc) is 3.23. The number of nitrogens with zero attached hydrogens (tertiary/aromatic N) is 1. The summed E-state index contributed by atoms with van der Waals surface area (Å²) in [5, 5.41) is 31.8. The summed E-state index contributed by atoms with van der Waals surface area (Å²) in [6.45, 7) is 0.643. The highest BCUT2D eigenvalue weighted by Gasteiger charge is 2.38. The third-order valence-electron chi connectivity index (χ3n) is 3.97. The van der Waals surface area contributed by atoms with Gasteiger partial charge in [-0.3, -0.25) is 15.0 Å². The minimum atomic E-state index is -1.87. The van der Waals surface area contributed by atoms with E-state index in [4.69, 9.17) is 11.1 Å². The SMILES string of the molecule is N=C(N)C1CCCN1C(=O)[C@H](O)[C@@H](O)C(=O)NCCc1cccs1. The average molecular weight is 354 g/mol. The molecule has 9 heteroatoms. The van der Waals surface area contributed by atoms with Crippen LogP contribution < -0.4 is 11.1 Å². The van der Waals surface area contributed by atoms with Gasteiger partial charge in [0.05, 0.1) is 6.04 Å². The normalized spacial score (nSPS) is 19.8. The van der Waals surface area contributed by atoms with Crippen LogP contribution in [0.5, 0.6) is 0 Å². The molecular weight excluding hydrogens is 332 g/mol. The highest BCUT2D eigenvalue weighted by atomic mass is 32.1. The summed E-state index contributed by atoms with van der Waals surface area (Å²) in [6, 6.07) is 3.25. The second-order valence-corrected chi connectivity index (χ2v) is 6.69. The molecule has 0 aliphatic carbocycles. The molecule has 0 bridgehead atoms. The zero-order valence-electron chi connectivity index (χ0n) is 13.1. The predicted molar refractivity (Wildman–Crippen MR) is 89.7 cm³/mol. The molecule has 24 heavy (non-hydrogen) atoms. The molecule has 6 N–H and O–H groups in total. The summed E-state index contributed by atoms with van der Waals surface area (Å²) in [5.74, 6) is -1.75. The maximum absolute atomic E-state index is 12.3. The van der Waals surface area contributed by atoms with Crippen LogP contribution in [0.3, 0.4) is 0 Å². The van der Waals surface area contributed by atoms with Crippen LogP contribution in [0.1, 0.15) is 17.7 Å². The van der Waals surface area contributed by atoms with Gasteiger partial charge in [0.25, 0.3) is 11.8 Å². The maximum atomic E-state index is 12.3. The molecule has 0 aromatic carbocycles. The number of likely N-dealkylation sites (tertiary alicyclic amines) is 1. The second kappa shape index (κ2) is 8.22. The number of hydrogen-bond acceptors (Lipinski definition) is 6. The van der Waals surface area contributed by atoms with Crippen LogP contribution in [0.4, 0.5) is 0 Å². The first-order valence-electron chi connectivity index (χ1n) is 7.72. The first kappa shape index (κ1) is 18.4. The third kappa shape index (κ3) is 4.31. The van der Waals surface area contributed by atoms with Crippen LogP contribution in [0.2, 0.25) is 0 Å². The summed E-state index contributed by atoms with van der Waals surface area (Å²) in [4.78, 5) is 26.5. The molecule has 1 aromatic rings. The van der Waals surface area contributed by atoms with E-state index in [0.29, 0.717) is 32.4 Å². The number of aliphatic hydroxyl groups is 2. The molecule has 8 nitrogen and oxygen atoms in total. The van der Waals surface area contributed by atoms with E-state index in [0.717, 1.165) is 4.88 Å². The van der Waals surface area contributed by atoms with Gasteiger partial charge in [0.15, 0.2) is 12.2 Å². The van der Waals surface area contributed by atoms with Crippen LogP contribution in [0.15, 0.2) is 17.5 Å². The molecule has 1 saturated heterocycles. The molecular formula is C15H22N4O4S. The van der Waals surface area contributed by atoms with Crippen molar-refractivity contribution in [1.82, 2.24) is 10.2 Å². The topological polar surface area (TPSA) is 140 Å². The first-order valence-corrected chi connectivity index (χ1v) is 8.60. The molecule has 1 aliphatic heterocycles. The fraction of sp³-hybridized carbons (Fsp3) is 0.533. The largest absolute Gasteiger partial charge is 0.386 e. The van der Waals surface area contributed by atoms with Crippen molar-refractivity contribution in [3.63, 3.8) is 0 Å². The third-order valence-corrected chi connectivity index (χ3v) is 4.90. The molecule has 0 spiro atoms. The monoisotopic (exact) mass is 354 g/mol. The fourth-order valence-corrected chi connectivity index (χ4v) is 3.38. The van der Waals surface area contributed by atoms with Crippen molar-refractivity contribution in [3.05, 3.63) is 22.4 Å². The summed E-state index contributed by atoms with van der Waals surface area (Å²) < 4.78 is 0. The van der Waals surface area contributed by atoms with Gasteiger partial charge in [-0.2, -0.15) is 0 Å². The van der Waals surface area contributed by atoms with Crippen molar-refractivity contribution in [1.29, 1.82) is 5.41 Å². The van der Waals surface area contributed by atoms with E-state index in [9.17, 15) is 19.8 Å². The molecule has 1 unspecified atom stereocenters. The summed E-state index contributed by atoms with van der Waals surface area (Å²) >= 11 is 1.56. The number of carbonyl (C=O) groups excluding carboxylic acids is 2. The lowest BCUT2D eigenvalue weighted by molar-refractivity contribution is -0.152. The van der Waals surface area contributed by atoms with E-state index < -0.39 is 30.1 Å². The zero-order chi connectivity index (χ0) is 17.7. The van der Waals surface area contributed by atoms with E-state index in [1.54, 1.807) is 11.3 Å². The number of hydrogen-bond donors (Lipinski definition) is 5. The van der Waals surface area contributed by atoms with E-state index in [-0.39, 0.29) is 5.84 Å². The van der Waals surface area contributed by atoms with Crippen LogP contribution in [0.25, 0.3) is 0 Å². The van der Waals surface area contributed by atoms with Crippen molar-refractivity contribution >= 4 is 29.0 Å².